The molecule has 0 bridgehead atoms. The van der Waals surface area contributed by atoms with Crippen molar-refractivity contribution < 1.29 is 33.0 Å². The molecule has 4 saturated heterocycles. The van der Waals surface area contributed by atoms with Gasteiger partial charge >= 0.3 is 0 Å². The molecule has 6 heterocycles. The molecule has 5 aliphatic heterocycles. The van der Waals surface area contributed by atoms with Gasteiger partial charge in [0, 0.05) is 68.2 Å². The molecule has 49 heavy (non-hydrogen) atoms. The van der Waals surface area contributed by atoms with Gasteiger partial charge in [0.05, 0.1) is 25.9 Å². The van der Waals surface area contributed by atoms with Gasteiger partial charge < -0.3 is 19.1 Å². The van der Waals surface area contributed by atoms with Crippen LogP contribution in [-0.2, 0) is 32.2 Å². The second kappa shape index (κ2) is 13.4. The van der Waals surface area contributed by atoms with Gasteiger partial charge in [-0.15, -0.1) is 0 Å². The smallest absolute Gasteiger partial charge is 0.255 e. The molecule has 1 N–H and O–H groups in total. The third-order valence-corrected chi connectivity index (χ3v) is 10.9. The molecule has 0 aliphatic carbocycles. The SMILES string of the molecule is COC[C@@H]1CN(Cc2cc(F)c3nc(C4CCN(C5COC5)CC4)ccc3c2)C[C@H]1Oc1ccc2c(c1)CN([C@H]1CCC(=O)NC1=O)C2=O. The number of hydrogen-bond acceptors (Lipinski definition) is 9. The van der Waals surface area contributed by atoms with Crippen LogP contribution < -0.4 is 10.1 Å². The number of carbonyl (C=O) groups is 3. The zero-order chi connectivity index (χ0) is 33.6. The summed E-state index contributed by atoms with van der Waals surface area (Å²) < 4.78 is 33.0. The second-order valence-electron chi connectivity index (χ2n) is 14.2. The molecule has 1 aromatic heterocycles. The van der Waals surface area contributed by atoms with Crippen LogP contribution >= 0.6 is 0 Å². The van der Waals surface area contributed by atoms with Crippen molar-refractivity contribution in [2.45, 2.75) is 62.9 Å². The number of fused-ring (bicyclic) bond motifs is 2. The first-order valence-electron chi connectivity index (χ1n) is 17.4. The maximum Gasteiger partial charge on any atom is 0.255 e. The van der Waals surface area contributed by atoms with Gasteiger partial charge in [0.2, 0.25) is 11.8 Å². The summed E-state index contributed by atoms with van der Waals surface area (Å²) in [6.45, 7) is 6.45. The van der Waals surface area contributed by atoms with E-state index in [-0.39, 0.29) is 42.6 Å². The second-order valence-corrected chi connectivity index (χ2v) is 14.2. The zero-order valence-electron chi connectivity index (χ0n) is 27.7. The number of nitrogens with one attached hydrogen (secondary N) is 1. The Balaban J connectivity index is 0.917. The molecule has 4 fully saturated rings. The van der Waals surface area contributed by atoms with Crippen LogP contribution in [0.2, 0.25) is 0 Å². The Morgan fingerprint density at radius 1 is 1.02 bits per heavy atom. The van der Waals surface area contributed by atoms with E-state index >= 15 is 4.39 Å². The number of halogens is 1. The highest BCUT2D eigenvalue weighted by Gasteiger charge is 2.40. The van der Waals surface area contributed by atoms with Gasteiger partial charge in [-0.2, -0.15) is 0 Å². The van der Waals surface area contributed by atoms with E-state index < -0.39 is 11.9 Å². The van der Waals surface area contributed by atoms with Crippen LogP contribution in [0.1, 0.15) is 58.8 Å². The van der Waals surface area contributed by atoms with Crippen LogP contribution in [-0.4, -0.2) is 109 Å². The van der Waals surface area contributed by atoms with Crippen molar-refractivity contribution in [3.05, 3.63) is 70.7 Å². The number of benzene rings is 2. The van der Waals surface area contributed by atoms with E-state index in [4.69, 9.17) is 19.2 Å². The number of carbonyl (C=O) groups excluding carboxylic acids is 3. The number of ether oxygens (including phenoxy) is 3. The maximum atomic E-state index is 15.6. The Labute approximate surface area is 284 Å². The molecule has 8 rings (SSSR count). The quantitative estimate of drug-likeness (QED) is 0.343. The molecule has 0 saturated carbocycles. The van der Waals surface area contributed by atoms with Crippen LogP contribution in [0.4, 0.5) is 4.39 Å². The third-order valence-electron chi connectivity index (χ3n) is 10.9. The number of nitrogens with zero attached hydrogens (tertiary/aromatic N) is 4. The van der Waals surface area contributed by atoms with E-state index in [0.717, 1.165) is 67.9 Å². The van der Waals surface area contributed by atoms with E-state index in [0.29, 0.717) is 54.9 Å². The van der Waals surface area contributed by atoms with Gasteiger partial charge in [0.25, 0.3) is 5.91 Å². The average molecular weight is 672 g/mol. The maximum absolute atomic E-state index is 15.6. The number of hydrogen-bond donors (Lipinski definition) is 1. The number of pyridine rings is 1. The monoisotopic (exact) mass is 671 g/mol. The van der Waals surface area contributed by atoms with Crippen molar-refractivity contribution in [2.24, 2.45) is 5.92 Å². The van der Waals surface area contributed by atoms with Gasteiger partial charge in [-0.25, -0.2) is 9.37 Å². The predicted molar refractivity (Wildman–Crippen MR) is 177 cm³/mol. The number of imide groups is 1. The summed E-state index contributed by atoms with van der Waals surface area (Å²) in [5, 5.41) is 3.15. The van der Waals surface area contributed by atoms with Gasteiger partial charge in [-0.05, 0) is 79.9 Å². The van der Waals surface area contributed by atoms with E-state index in [1.54, 1.807) is 25.3 Å². The topological polar surface area (TPSA) is 114 Å². The number of amides is 3. The Hall–Kier alpha value is -3.97. The summed E-state index contributed by atoms with van der Waals surface area (Å²) in [7, 11) is 1.68. The van der Waals surface area contributed by atoms with Gasteiger partial charge in [0.1, 0.15) is 29.2 Å². The lowest BCUT2D eigenvalue weighted by molar-refractivity contribution is -0.136. The lowest BCUT2D eigenvalue weighted by atomic mass is 9.91. The molecular formula is C37H42FN5O6. The summed E-state index contributed by atoms with van der Waals surface area (Å²) in [6, 6.07) is 13.0. The van der Waals surface area contributed by atoms with Crippen molar-refractivity contribution >= 4 is 28.6 Å². The largest absolute Gasteiger partial charge is 0.489 e. The molecule has 3 aromatic rings. The van der Waals surface area contributed by atoms with Crippen LogP contribution in [0.15, 0.2) is 42.5 Å². The van der Waals surface area contributed by atoms with E-state index in [9.17, 15) is 14.4 Å². The highest BCUT2D eigenvalue weighted by Crippen LogP contribution is 2.34. The van der Waals surface area contributed by atoms with Crippen molar-refractivity contribution in [1.29, 1.82) is 0 Å². The first kappa shape index (κ1) is 32.2. The molecule has 258 valence electrons. The van der Waals surface area contributed by atoms with E-state index in [2.05, 4.69) is 21.2 Å². The van der Waals surface area contributed by atoms with E-state index in [1.165, 1.54) is 4.90 Å². The van der Waals surface area contributed by atoms with Gasteiger partial charge in [-0.1, -0.05) is 6.07 Å². The molecule has 2 aromatic carbocycles. The average Bonchev–Trinajstić information content (AvgIpc) is 3.59. The Kier molecular flexibility index (Phi) is 8.81. The van der Waals surface area contributed by atoms with Crippen molar-refractivity contribution in [2.75, 3.05) is 53.1 Å². The number of aromatic nitrogens is 1. The molecule has 5 aliphatic rings. The van der Waals surface area contributed by atoms with Crippen LogP contribution in [0.25, 0.3) is 10.9 Å². The normalized spacial score (nSPS) is 25.6. The zero-order valence-corrected chi connectivity index (χ0v) is 27.7. The minimum Gasteiger partial charge on any atom is -0.489 e. The fourth-order valence-electron chi connectivity index (χ4n) is 8.20. The number of methoxy groups -OCH3 is 1. The van der Waals surface area contributed by atoms with Crippen molar-refractivity contribution in [3.8, 4) is 5.75 Å². The highest BCUT2D eigenvalue weighted by molar-refractivity contribution is 6.05. The molecule has 0 unspecified atom stereocenters. The first-order valence-corrected chi connectivity index (χ1v) is 17.4. The summed E-state index contributed by atoms with van der Waals surface area (Å²) in [5.41, 5.74) is 3.63. The molecule has 0 radical (unpaired) electrons. The lowest BCUT2D eigenvalue weighted by Gasteiger charge is -2.41. The van der Waals surface area contributed by atoms with Crippen LogP contribution in [0.5, 0.6) is 5.75 Å². The van der Waals surface area contributed by atoms with Crippen molar-refractivity contribution in [1.82, 2.24) is 25.0 Å². The Morgan fingerprint density at radius 3 is 2.61 bits per heavy atom. The van der Waals surface area contributed by atoms with Gasteiger partial charge in [0.15, 0.2) is 0 Å². The van der Waals surface area contributed by atoms with Crippen LogP contribution in [0, 0.1) is 11.7 Å². The lowest BCUT2D eigenvalue weighted by Crippen LogP contribution is -2.52. The molecule has 0 spiro atoms. The molecule has 3 amide bonds. The number of rotatable bonds is 9. The fourth-order valence-corrected chi connectivity index (χ4v) is 8.20. The number of piperidine rings is 2. The molecule has 3 atom stereocenters. The molecular weight excluding hydrogens is 629 g/mol. The first-order chi connectivity index (χ1) is 23.8. The van der Waals surface area contributed by atoms with Gasteiger partial charge in [-0.3, -0.25) is 29.5 Å². The number of likely N-dealkylation sites (tertiary alicyclic amines) is 2. The van der Waals surface area contributed by atoms with Crippen LogP contribution in [0.3, 0.4) is 0 Å². The summed E-state index contributed by atoms with van der Waals surface area (Å²) in [4.78, 5) is 48.3. The predicted octanol–water partition coefficient (Wildman–Crippen LogP) is 3.24. The molecule has 11 nitrogen and oxygen atoms in total. The fraction of sp³-hybridized carbons (Fsp3) is 0.514. The Bertz CT molecular complexity index is 1780. The summed E-state index contributed by atoms with van der Waals surface area (Å²) >= 11 is 0. The van der Waals surface area contributed by atoms with E-state index in [1.807, 2.05) is 18.2 Å². The van der Waals surface area contributed by atoms with Crippen molar-refractivity contribution in [3.63, 3.8) is 0 Å². The minimum atomic E-state index is -0.662. The molecule has 12 heteroatoms. The third kappa shape index (κ3) is 6.42. The Morgan fingerprint density at radius 2 is 1.86 bits per heavy atom. The minimum absolute atomic E-state index is 0.0950. The summed E-state index contributed by atoms with van der Waals surface area (Å²) in [6.07, 6.45) is 2.42. The standard InChI is InChI=1S/C37H42FN5O6/c1-47-19-26-16-41(18-33(26)49-28-3-4-29-25(14-28)17-43(37(29)46)32-6-7-34(44)40-36(32)45)15-22-12-24-2-5-31(39-35(24)30(38)13-22)23-8-10-42(11-9-23)27-20-48-21-27/h2-5,12-14,23,26-27,32-33H,6-11,15-21H2,1H3,(H,40,44,45)/t26-,32-,33+/m0/s1. The highest BCUT2D eigenvalue weighted by atomic mass is 19.1. The summed E-state index contributed by atoms with van der Waals surface area (Å²) in [5.74, 6) is -0.163.